The van der Waals surface area contributed by atoms with E-state index in [1.807, 2.05) is 0 Å². The number of benzene rings is 3. The van der Waals surface area contributed by atoms with Crippen LogP contribution < -0.4 is 9.64 Å². The third kappa shape index (κ3) is 3.48. The van der Waals surface area contributed by atoms with Gasteiger partial charge in [-0.1, -0.05) is 33.6 Å². The fourth-order valence-electron chi connectivity index (χ4n) is 4.82. The van der Waals surface area contributed by atoms with Crippen LogP contribution in [-0.4, -0.2) is 40.7 Å². The number of nitro benzene ring substituents is 1. The van der Waals surface area contributed by atoms with E-state index < -0.39 is 40.4 Å². The number of carbonyl (C=O) groups is 3. The Labute approximate surface area is 218 Å². The molecule has 3 aromatic carbocycles. The lowest BCUT2D eigenvalue weighted by atomic mass is 9.85. The molecule has 0 spiro atoms. The zero-order valence-electron chi connectivity index (χ0n) is 18.9. The number of β-lactam (4-membered cyclic amide) rings is 1. The second kappa shape index (κ2) is 8.72. The van der Waals surface area contributed by atoms with Crippen LogP contribution in [-0.2, 0) is 4.79 Å². The lowest BCUT2D eigenvalue weighted by Gasteiger charge is -2.50. The molecule has 0 aliphatic carbocycles. The number of nitro groups is 1. The van der Waals surface area contributed by atoms with Crippen LogP contribution in [0.15, 0.2) is 59.1 Å². The van der Waals surface area contributed by atoms with Crippen molar-refractivity contribution < 1.29 is 24.0 Å². The summed E-state index contributed by atoms with van der Waals surface area (Å²) in [5.41, 5.74) is 0.907. The molecule has 9 nitrogen and oxygen atoms in total. The summed E-state index contributed by atoms with van der Waals surface area (Å²) >= 11 is 9.56. The van der Waals surface area contributed by atoms with Gasteiger partial charge in [0, 0.05) is 26.8 Å². The molecule has 2 atom stereocenters. The van der Waals surface area contributed by atoms with Crippen molar-refractivity contribution in [3.05, 3.63) is 96.5 Å². The summed E-state index contributed by atoms with van der Waals surface area (Å²) in [5.74, 6) is -1.71. The number of hydrogen-bond acceptors (Lipinski definition) is 6. The molecule has 0 saturated carbocycles. The Hall–Kier alpha value is -3.76. The maximum Gasteiger partial charge on any atom is 0.282 e. The maximum absolute atomic E-state index is 13.7. The summed E-state index contributed by atoms with van der Waals surface area (Å²) in [6.07, 6.45) is 0. The summed E-state index contributed by atoms with van der Waals surface area (Å²) in [5, 5.41) is 12.1. The molecule has 0 aromatic heterocycles. The number of anilines is 1. The van der Waals surface area contributed by atoms with Crippen molar-refractivity contribution in [3.8, 4) is 5.75 Å². The van der Waals surface area contributed by atoms with E-state index in [9.17, 15) is 24.5 Å². The van der Waals surface area contributed by atoms with Crippen molar-refractivity contribution >= 4 is 56.6 Å². The van der Waals surface area contributed by atoms with E-state index in [2.05, 4.69) is 15.9 Å². The number of carbonyl (C=O) groups excluding carboxylic acids is 3. The summed E-state index contributed by atoms with van der Waals surface area (Å²) in [6.45, 7) is 1.79. The molecule has 182 valence electrons. The smallest absolute Gasteiger partial charge is 0.282 e. The highest BCUT2D eigenvalue weighted by Gasteiger charge is 2.59. The number of methoxy groups -OCH3 is 1. The van der Waals surface area contributed by atoms with Crippen LogP contribution in [0.5, 0.6) is 5.75 Å². The Morgan fingerprint density at radius 3 is 2.42 bits per heavy atom. The molecule has 0 N–H and O–H groups in total. The molecule has 1 fully saturated rings. The van der Waals surface area contributed by atoms with Crippen LogP contribution in [0.2, 0.25) is 5.02 Å². The standard InChI is InChI=1S/C25H17BrClN3O6/c1-12-10-14(27)7-8-17(12)28-21(16-11-13(26)6-9-19(16)36-2)22(25(28)33)29-23(31)15-4-3-5-18(30(34)35)20(15)24(29)32/h3-11,21-22H,1-2H3/t21-,22-/m0/s1. The molecular weight excluding hydrogens is 554 g/mol. The average molecular weight is 571 g/mol. The van der Waals surface area contributed by atoms with Gasteiger partial charge in [0.2, 0.25) is 0 Å². The number of ether oxygens (including phenoxy) is 1. The SMILES string of the molecule is COc1ccc(Br)cc1[C@H]1[C@H](N2C(=O)c3cccc([N+](=O)[O-])c3C2=O)C(=O)N1c1ccc(Cl)cc1C. The Morgan fingerprint density at radius 2 is 1.75 bits per heavy atom. The third-order valence-corrected chi connectivity index (χ3v) is 7.12. The second-order valence-electron chi connectivity index (χ2n) is 8.35. The van der Waals surface area contributed by atoms with E-state index in [1.54, 1.807) is 43.3 Å². The first-order chi connectivity index (χ1) is 17.1. The summed E-state index contributed by atoms with van der Waals surface area (Å²) in [7, 11) is 1.48. The highest BCUT2D eigenvalue weighted by atomic mass is 79.9. The molecule has 0 radical (unpaired) electrons. The number of imide groups is 1. The molecule has 36 heavy (non-hydrogen) atoms. The number of nitrogens with zero attached hydrogens (tertiary/aromatic N) is 3. The topological polar surface area (TPSA) is 110 Å². The van der Waals surface area contributed by atoms with Gasteiger partial charge in [0.1, 0.15) is 17.4 Å². The Kier molecular flexibility index (Phi) is 5.80. The minimum Gasteiger partial charge on any atom is -0.496 e. The summed E-state index contributed by atoms with van der Waals surface area (Å²) < 4.78 is 6.24. The first kappa shape index (κ1) is 24.0. The molecular formula is C25H17BrClN3O6. The van der Waals surface area contributed by atoms with Crippen molar-refractivity contribution in [3.63, 3.8) is 0 Å². The van der Waals surface area contributed by atoms with Gasteiger partial charge in [-0.2, -0.15) is 0 Å². The number of rotatable bonds is 5. The zero-order valence-corrected chi connectivity index (χ0v) is 21.2. The number of amides is 3. The molecule has 2 heterocycles. The number of halogens is 2. The van der Waals surface area contributed by atoms with Gasteiger partial charge in [0.15, 0.2) is 0 Å². The van der Waals surface area contributed by atoms with Crippen LogP contribution in [0, 0.1) is 17.0 Å². The highest BCUT2D eigenvalue weighted by Crippen LogP contribution is 2.48. The Bertz CT molecular complexity index is 1490. The predicted octanol–water partition coefficient (Wildman–Crippen LogP) is 5.08. The minimum absolute atomic E-state index is 0.108. The molecule has 0 unspecified atom stereocenters. The van der Waals surface area contributed by atoms with E-state index in [0.717, 1.165) is 11.0 Å². The third-order valence-electron chi connectivity index (χ3n) is 6.40. The van der Waals surface area contributed by atoms with Crippen LogP contribution in [0.1, 0.15) is 37.9 Å². The normalized spacial score (nSPS) is 18.8. The van der Waals surface area contributed by atoms with Crippen LogP contribution in [0.3, 0.4) is 0 Å². The van der Waals surface area contributed by atoms with Gasteiger partial charge in [-0.15, -0.1) is 0 Å². The number of hydrogen-bond donors (Lipinski definition) is 0. The lowest BCUT2D eigenvalue weighted by molar-refractivity contribution is -0.385. The molecule has 2 aliphatic heterocycles. The first-order valence-corrected chi connectivity index (χ1v) is 11.9. The summed E-state index contributed by atoms with van der Waals surface area (Å²) in [4.78, 5) is 53.6. The van der Waals surface area contributed by atoms with Gasteiger partial charge in [-0.05, 0) is 55.0 Å². The largest absolute Gasteiger partial charge is 0.496 e. The van der Waals surface area contributed by atoms with E-state index in [4.69, 9.17) is 16.3 Å². The van der Waals surface area contributed by atoms with E-state index in [-0.39, 0.29) is 11.1 Å². The highest BCUT2D eigenvalue weighted by molar-refractivity contribution is 9.10. The zero-order chi connectivity index (χ0) is 25.9. The molecule has 0 bridgehead atoms. The number of aryl methyl sites for hydroxylation is 1. The van der Waals surface area contributed by atoms with Gasteiger partial charge in [-0.3, -0.25) is 34.3 Å². The Morgan fingerprint density at radius 1 is 1.00 bits per heavy atom. The summed E-state index contributed by atoms with van der Waals surface area (Å²) in [6, 6.07) is 12.1. The molecule has 3 aromatic rings. The van der Waals surface area contributed by atoms with Crippen LogP contribution in [0.25, 0.3) is 0 Å². The molecule has 2 aliphatic rings. The van der Waals surface area contributed by atoms with Crippen molar-refractivity contribution in [1.82, 2.24) is 4.90 Å². The first-order valence-electron chi connectivity index (χ1n) is 10.7. The maximum atomic E-state index is 13.7. The fraction of sp³-hybridized carbons (Fsp3) is 0.160. The lowest BCUT2D eigenvalue weighted by Crippen LogP contribution is -2.67. The van der Waals surface area contributed by atoms with Crippen molar-refractivity contribution in [2.75, 3.05) is 12.0 Å². The van der Waals surface area contributed by atoms with Crippen LogP contribution >= 0.6 is 27.5 Å². The quantitative estimate of drug-likeness (QED) is 0.183. The van der Waals surface area contributed by atoms with Gasteiger partial charge in [-0.25, -0.2) is 0 Å². The van der Waals surface area contributed by atoms with E-state index >= 15 is 0 Å². The van der Waals surface area contributed by atoms with Gasteiger partial charge in [0.05, 0.1) is 23.6 Å². The van der Waals surface area contributed by atoms with E-state index in [0.29, 0.717) is 32.1 Å². The van der Waals surface area contributed by atoms with Crippen molar-refractivity contribution in [1.29, 1.82) is 0 Å². The molecule has 1 saturated heterocycles. The van der Waals surface area contributed by atoms with Crippen LogP contribution in [0.4, 0.5) is 11.4 Å². The monoisotopic (exact) mass is 569 g/mol. The van der Waals surface area contributed by atoms with Crippen molar-refractivity contribution in [2.45, 2.75) is 19.0 Å². The Balaban J connectivity index is 1.67. The van der Waals surface area contributed by atoms with Crippen molar-refractivity contribution in [2.24, 2.45) is 0 Å². The average Bonchev–Trinajstić information content (AvgIpc) is 3.09. The molecule has 11 heteroatoms. The van der Waals surface area contributed by atoms with Gasteiger partial charge < -0.3 is 4.74 Å². The van der Waals surface area contributed by atoms with Gasteiger partial charge >= 0.3 is 0 Å². The van der Waals surface area contributed by atoms with E-state index in [1.165, 1.54) is 24.1 Å². The second-order valence-corrected chi connectivity index (χ2v) is 9.70. The molecule has 5 rings (SSSR count). The van der Waals surface area contributed by atoms with Gasteiger partial charge in [0.25, 0.3) is 23.4 Å². The fourth-order valence-corrected chi connectivity index (χ4v) is 5.42. The minimum atomic E-state index is -1.24. The number of fused-ring (bicyclic) bond motifs is 1. The predicted molar refractivity (Wildman–Crippen MR) is 134 cm³/mol. The molecule has 3 amide bonds.